The first kappa shape index (κ1) is 34.6. The zero-order valence-electron chi connectivity index (χ0n) is 28.7. The molecule has 5 rings (SSSR count). The van der Waals surface area contributed by atoms with Crippen molar-refractivity contribution >= 4 is 5.97 Å². The van der Waals surface area contributed by atoms with E-state index >= 15 is 0 Å². The van der Waals surface area contributed by atoms with E-state index in [4.69, 9.17) is 33.2 Å². The van der Waals surface area contributed by atoms with Crippen molar-refractivity contribution in [1.29, 1.82) is 0 Å². The molecule has 1 atom stereocenters. The fourth-order valence-electron chi connectivity index (χ4n) is 6.08. The molecular weight excluding hydrogens is 626 g/mol. The van der Waals surface area contributed by atoms with Crippen molar-refractivity contribution in [3.63, 3.8) is 0 Å². The number of carboxylic acid groups (broad SMARTS) is 1. The number of aromatic nitrogens is 1. The lowest BCUT2D eigenvalue weighted by molar-refractivity contribution is -0.137. The molecule has 5 aromatic rings. The Balaban J connectivity index is 1.83. The van der Waals surface area contributed by atoms with E-state index in [1.807, 2.05) is 71.4 Å². The third-order valence-electron chi connectivity index (χ3n) is 8.55. The van der Waals surface area contributed by atoms with Crippen LogP contribution in [0.2, 0.25) is 0 Å². The molecule has 0 saturated heterocycles. The molecule has 10 nitrogen and oxygen atoms in total. The second kappa shape index (κ2) is 15.4. The van der Waals surface area contributed by atoms with Crippen LogP contribution in [0.3, 0.4) is 0 Å². The van der Waals surface area contributed by atoms with Crippen LogP contribution in [0.4, 0.5) is 0 Å². The monoisotopic (exact) mass is 667 g/mol. The molecule has 1 N–H and O–H groups in total. The quantitative estimate of drug-likeness (QED) is 0.123. The molecule has 49 heavy (non-hydrogen) atoms. The molecule has 10 heteroatoms. The maximum Gasteiger partial charge on any atom is 0.317 e. The van der Waals surface area contributed by atoms with Crippen molar-refractivity contribution in [1.82, 2.24) is 4.57 Å². The number of aliphatic carboxylic acids is 1. The molecular formula is C39H41NO9. The molecule has 0 spiro atoms. The van der Waals surface area contributed by atoms with Gasteiger partial charge in [0, 0.05) is 29.6 Å². The van der Waals surface area contributed by atoms with Gasteiger partial charge in [0.25, 0.3) is 0 Å². The van der Waals surface area contributed by atoms with E-state index in [2.05, 4.69) is 0 Å². The predicted octanol–water partition coefficient (Wildman–Crippen LogP) is 7.34. The molecule has 0 radical (unpaired) electrons. The summed E-state index contributed by atoms with van der Waals surface area (Å²) >= 11 is 0. The number of ether oxygens (including phenoxy) is 7. The van der Waals surface area contributed by atoms with Crippen LogP contribution in [0.1, 0.15) is 22.7 Å². The summed E-state index contributed by atoms with van der Waals surface area (Å²) in [5.41, 5.74) is 5.23. The van der Waals surface area contributed by atoms with Crippen LogP contribution in [0, 0.1) is 0 Å². The van der Waals surface area contributed by atoms with Crippen molar-refractivity contribution in [3.05, 3.63) is 102 Å². The van der Waals surface area contributed by atoms with Crippen molar-refractivity contribution in [2.24, 2.45) is 0 Å². The Hall–Kier alpha value is -5.77. The molecule has 256 valence electrons. The smallest absolute Gasteiger partial charge is 0.317 e. The van der Waals surface area contributed by atoms with Gasteiger partial charge in [0.05, 0.1) is 49.8 Å². The highest BCUT2D eigenvalue weighted by Gasteiger charge is 2.33. The topological polar surface area (TPSA) is 107 Å². The normalized spacial score (nSPS) is 11.4. The standard InChI is InChI=1S/C39H41NO9/c1-43-28-13-8-24(9-14-28)18-19-40-23-29(25-10-15-30(44-2)33(20-25)47-5)36(26-11-16-31(45-3)34(21-26)48-6)38(40)37(39(41)42)27-12-17-32(46-4)35(22-27)49-7/h8-17,20-23,37H,18-19H2,1-7H3,(H,41,42). The Labute approximate surface area is 286 Å². The minimum Gasteiger partial charge on any atom is -0.497 e. The highest BCUT2D eigenvalue weighted by molar-refractivity contribution is 5.92. The summed E-state index contributed by atoms with van der Waals surface area (Å²) in [5, 5.41) is 11.0. The number of aryl methyl sites for hydroxylation is 2. The van der Waals surface area contributed by atoms with Crippen molar-refractivity contribution in [2.75, 3.05) is 49.8 Å². The van der Waals surface area contributed by atoms with Gasteiger partial charge >= 0.3 is 5.97 Å². The van der Waals surface area contributed by atoms with E-state index in [-0.39, 0.29) is 0 Å². The van der Waals surface area contributed by atoms with Crippen LogP contribution < -0.4 is 33.2 Å². The molecule has 0 aliphatic carbocycles. The first-order valence-electron chi connectivity index (χ1n) is 15.6. The Morgan fingerprint density at radius 2 is 1.12 bits per heavy atom. The van der Waals surface area contributed by atoms with E-state index < -0.39 is 11.9 Å². The largest absolute Gasteiger partial charge is 0.497 e. The lowest BCUT2D eigenvalue weighted by Gasteiger charge is -2.21. The van der Waals surface area contributed by atoms with Gasteiger partial charge < -0.3 is 42.8 Å². The molecule has 0 aliphatic rings. The first-order valence-corrected chi connectivity index (χ1v) is 15.6. The van der Waals surface area contributed by atoms with Gasteiger partial charge in [-0.3, -0.25) is 4.79 Å². The number of hydrogen-bond donors (Lipinski definition) is 1. The molecule has 0 fully saturated rings. The molecule has 1 aromatic heterocycles. The zero-order valence-corrected chi connectivity index (χ0v) is 28.7. The molecule has 0 saturated carbocycles. The molecule has 0 amide bonds. The van der Waals surface area contributed by atoms with Gasteiger partial charge in [-0.15, -0.1) is 0 Å². The fourth-order valence-corrected chi connectivity index (χ4v) is 6.08. The number of nitrogens with zero attached hydrogens (tertiary/aromatic N) is 1. The van der Waals surface area contributed by atoms with Crippen molar-refractivity contribution < 1.29 is 43.1 Å². The first-order chi connectivity index (χ1) is 23.8. The van der Waals surface area contributed by atoms with Gasteiger partial charge in [-0.2, -0.15) is 0 Å². The van der Waals surface area contributed by atoms with E-state index in [9.17, 15) is 9.90 Å². The number of methoxy groups -OCH3 is 7. The Bertz CT molecular complexity index is 1910. The number of carboxylic acids is 1. The number of benzene rings is 4. The van der Waals surface area contributed by atoms with Gasteiger partial charge in [-0.1, -0.05) is 30.3 Å². The van der Waals surface area contributed by atoms with Crippen molar-refractivity contribution in [3.8, 4) is 62.5 Å². The SMILES string of the molecule is COc1ccc(CCn2cc(-c3ccc(OC)c(OC)c3)c(-c3ccc(OC)c(OC)c3)c2C(C(=O)O)c2ccc(OC)c(OC)c2)cc1. The predicted molar refractivity (Wildman–Crippen MR) is 187 cm³/mol. The number of rotatable bonds is 15. The summed E-state index contributed by atoms with van der Waals surface area (Å²) < 4.78 is 40.9. The Kier molecular flexibility index (Phi) is 10.9. The van der Waals surface area contributed by atoms with Crippen LogP contribution in [0.15, 0.2) is 85.1 Å². The van der Waals surface area contributed by atoms with Gasteiger partial charge in [0.2, 0.25) is 0 Å². The lowest BCUT2D eigenvalue weighted by atomic mass is 9.87. The van der Waals surface area contributed by atoms with Crippen LogP contribution in [-0.2, 0) is 17.8 Å². The molecule has 1 unspecified atom stereocenters. The van der Waals surface area contributed by atoms with E-state index in [1.54, 1.807) is 60.9 Å². The molecule has 4 aromatic carbocycles. The third kappa shape index (κ3) is 7.08. The third-order valence-corrected chi connectivity index (χ3v) is 8.55. The van der Waals surface area contributed by atoms with Crippen LogP contribution >= 0.6 is 0 Å². The summed E-state index contributed by atoms with van der Waals surface area (Å²) in [6.45, 7) is 0.478. The number of hydrogen-bond acceptors (Lipinski definition) is 8. The molecule has 0 aliphatic heterocycles. The van der Waals surface area contributed by atoms with E-state index in [0.29, 0.717) is 64.3 Å². The number of carbonyl (C=O) groups is 1. The zero-order chi connectivity index (χ0) is 35.1. The minimum absolute atomic E-state index is 0.426. The minimum atomic E-state index is -1.10. The molecule has 1 heterocycles. The highest BCUT2D eigenvalue weighted by atomic mass is 16.5. The highest BCUT2D eigenvalue weighted by Crippen LogP contribution is 2.46. The van der Waals surface area contributed by atoms with E-state index in [0.717, 1.165) is 28.0 Å². The van der Waals surface area contributed by atoms with E-state index in [1.165, 1.54) is 7.11 Å². The Morgan fingerprint density at radius 1 is 0.612 bits per heavy atom. The summed E-state index contributed by atoms with van der Waals surface area (Å²) in [7, 11) is 11.0. The fraction of sp³-hybridized carbons (Fsp3) is 0.256. The summed E-state index contributed by atoms with van der Waals surface area (Å²) in [6.07, 6.45) is 2.63. The van der Waals surface area contributed by atoms with Gasteiger partial charge in [-0.05, 0) is 77.2 Å². The van der Waals surface area contributed by atoms with Crippen molar-refractivity contribution in [2.45, 2.75) is 18.9 Å². The Morgan fingerprint density at radius 3 is 1.65 bits per heavy atom. The maximum absolute atomic E-state index is 13.5. The second-order valence-corrected chi connectivity index (χ2v) is 11.1. The second-order valence-electron chi connectivity index (χ2n) is 11.1. The molecule has 0 bridgehead atoms. The van der Waals surface area contributed by atoms with Gasteiger partial charge in [-0.25, -0.2) is 0 Å². The van der Waals surface area contributed by atoms with Crippen LogP contribution in [0.5, 0.6) is 40.2 Å². The maximum atomic E-state index is 13.5. The van der Waals surface area contributed by atoms with Gasteiger partial charge in [0.1, 0.15) is 11.7 Å². The summed E-state index contributed by atoms with van der Waals surface area (Å²) in [6, 6.07) is 24.3. The van der Waals surface area contributed by atoms with Gasteiger partial charge in [0.15, 0.2) is 34.5 Å². The average Bonchev–Trinajstić information content (AvgIpc) is 3.51. The lowest BCUT2D eigenvalue weighted by Crippen LogP contribution is -2.19. The summed E-state index contributed by atoms with van der Waals surface area (Å²) in [4.78, 5) is 13.5. The van der Waals surface area contributed by atoms with Crippen LogP contribution in [0.25, 0.3) is 22.3 Å². The summed E-state index contributed by atoms with van der Waals surface area (Å²) in [5.74, 6) is 1.72. The van der Waals surface area contributed by atoms with Crippen LogP contribution in [-0.4, -0.2) is 65.4 Å². The average molecular weight is 668 g/mol.